The van der Waals surface area contributed by atoms with E-state index in [9.17, 15) is 4.79 Å². The average Bonchev–Trinajstić information content (AvgIpc) is 3.63. The molecule has 2 aromatic heterocycles. The van der Waals surface area contributed by atoms with E-state index < -0.39 is 0 Å². The Hall–Kier alpha value is -3.82. The van der Waals surface area contributed by atoms with E-state index in [2.05, 4.69) is 56.1 Å². The first-order valence-corrected chi connectivity index (χ1v) is 13.5. The minimum absolute atomic E-state index is 0.00110. The quantitative estimate of drug-likeness (QED) is 0.420. The summed E-state index contributed by atoms with van der Waals surface area (Å²) in [6.45, 7) is 4.29. The largest absolute Gasteiger partial charge is 0.484 e. The van der Waals surface area contributed by atoms with Gasteiger partial charge in [0, 0.05) is 18.1 Å². The molecule has 3 heterocycles. The van der Waals surface area contributed by atoms with Crippen molar-refractivity contribution in [3.8, 4) is 5.75 Å². The number of carbonyl (C=O) groups excluding carboxylic acids is 1. The van der Waals surface area contributed by atoms with Gasteiger partial charge < -0.3 is 25.4 Å². The van der Waals surface area contributed by atoms with Crippen LogP contribution in [0.15, 0.2) is 42.6 Å². The summed E-state index contributed by atoms with van der Waals surface area (Å²) in [4.78, 5) is 23.1. The first-order chi connectivity index (χ1) is 18.5. The highest BCUT2D eigenvalue weighted by Gasteiger charge is 2.32. The minimum Gasteiger partial charge on any atom is -0.484 e. The van der Waals surface area contributed by atoms with E-state index in [0.29, 0.717) is 18.1 Å². The van der Waals surface area contributed by atoms with Gasteiger partial charge in [0.1, 0.15) is 11.9 Å². The molecule has 1 aliphatic heterocycles. The van der Waals surface area contributed by atoms with Crippen LogP contribution in [0.5, 0.6) is 5.75 Å². The van der Waals surface area contributed by atoms with Crippen molar-refractivity contribution in [2.24, 2.45) is 0 Å². The van der Waals surface area contributed by atoms with Crippen molar-refractivity contribution in [3.63, 3.8) is 0 Å². The lowest BCUT2D eigenvalue weighted by Gasteiger charge is -2.39. The van der Waals surface area contributed by atoms with Crippen molar-refractivity contribution < 1.29 is 19.4 Å². The number of hydrogen-bond donors (Lipinski definition) is 3. The molecule has 2 fully saturated rings. The summed E-state index contributed by atoms with van der Waals surface area (Å²) in [5.41, 5.74) is 3.10. The van der Waals surface area contributed by atoms with Crippen molar-refractivity contribution in [1.82, 2.24) is 25.2 Å². The predicted octanol–water partition coefficient (Wildman–Crippen LogP) is 4.61. The first-order valence-electron chi connectivity index (χ1n) is 13.5. The summed E-state index contributed by atoms with van der Waals surface area (Å²) >= 11 is 0. The number of carboxylic acid groups (broad SMARTS) is 1. The van der Waals surface area contributed by atoms with E-state index in [4.69, 9.17) is 14.6 Å². The molecular weight excluding hydrogens is 484 g/mol. The van der Waals surface area contributed by atoms with Gasteiger partial charge in [-0.15, -0.1) is 10.2 Å². The lowest BCUT2D eigenvalue weighted by Crippen LogP contribution is -2.44. The van der Waals surface area contributed by atoms with Crippen LogP contribution in [-0.4, -0.2) is 50.3 Å². The third-order valence-electron chi connectivity index (χ3n) is 7.71. The standard InChI is InChI=1S/C27H34N6O2.CH2O2/c1-17-6-5-7-18(2)33(17)27-31-30-25-15-12-20(16-32(25)27)35-24-14-13-23(21-8-3-4-9-22(21)24)29-26(34)28-19-10-11-19;2-1-3/h3-4,8-9,12,15-19,23-24H,5-7,10-11,13-14H2,1-2H3,(H2,28,29,34);1H,(H,2,3)/t17-,18+,23-,24+;/m0./s1. The number of nitrogens with one attached hydrogen (secondary N) is 2. The molecule has 10 heteroatoms. The number of anilines is 1. The molecule has 3 aromatic rings. The normalized spacial score (nSPS) is 24.5. The second kappa shape index (κ2) is 11.3. The maximum absolute atomic E-state index is 12.4. The van der Waals surface area contributed by atoms with Crippen LogP contribution in [0.3, 0.4) is 0 Å². The predicted molar refractivity (Wildman–Crippen MR) is 143 cm³/mol. The zero-order valence-electron chi connectivity index (χ0n) is 21.9. The second-order valence-electron chi connectivity index (χ2n) is 10.5. The van der Waals surface area contributed by atoms with Gasteiger partial charge in [-0.05, 0) is 82.1 Å². The molecule has 1 saturated carbocycles. The molecule has 0 radical (unpaired) electrons. The minimum atomic E-state index is -0.250. The van der Waals surface area contributed by atoms with Crippen LogP contribution in [0.1, 0.15) is 82.1 Å². The van der Waals surface area contributed by atoms with E-state index in [1.165, 1.54) is 19.3 Å². The Morgan fingerprint density at radius 2 is 1.68 bits per heavy atom. The fourth-order valence-corrected chi connectivity index (χ4v) is 5.72. The molecule has 4 atom stereocenters. The van der Waals surface area contributed by atoms with Crippen LogP contribution < -0.4 is 20.3 Å². The highest BCUT2D eigenvalue weighted by molar-refractivity contribution is 5.75. The third-order valence-corrected chi connectivity index (χ3v) is 7.71. The van der Waals surface area contributed by atoms with Crippen molar-refractivity contribution in [2.75, 3.05) is 4.90 Å². The van der Waals surface area contributed by atoms with Gasteiger partial charge in [0.2, 0.25) is 5.95 Å². The number of hydrogen-bond acceptors (Lipinski definition) is 6. The number of aromatic nitrogens is 3. The molecule has 6 rings (SSSR count). The topological polar surface area (TPSA) is 121 Å². The molecule has 10 nitrogen and oxygen atoms in total. The molecule has 1 saturated heterocycles. The Kier molecular flexibility index (Phi) is 7.67. The smallest absolute Gasteiger partial charge is 0.315 e. The van der Waals surface area contributed by atoms with Crippen LogP contribution in [0, 0.1) is 0 Å². The molecule has 2 aliphatic carbocycles. The Morgan fingerprint density at radius 3 is 2.39 bits per heavy atom. The number of carbonyl (C=O) groups is 2. The van der Waals surface area contributed by atoms with Crippen molar-refractivity contribution >= 4 is 24.1 Å². The summed E-state index contributed by atoms with van der Waals surface area (Å²) in [5.74, 6) is 1.69. The Morgan fingerprint density at radius 1 is 0.974 bits per heavy atom. The number of urea groups is 1. The Balaban J connectivity index is 0.000000937. The van der Waals surface area contributed by atoms with Gasteiger partial charge in [-0.3, -0.25) is 9.20 Å². The molecule has 38 heavy (non-hydrogen) atoms. The number of ether oxygens (including phenoxy) is 1. The molecular formula is C28H36N6O4. The van der Waals surface area contributed by atoms with Crippen molar-refractivity contribution in [3.05, 3.63) is 53.7 Å². The van der Waals surface area contributed by atoms with Crippen LogP contribution in [0.4, 0.5) is 10.7 Å². The van der Waals surface area contributed by atoms with Gasteiger partial charge in [-0.2, -0.15) is 0 Å². The number of benzene rings is 1. The second-order valence-corrected chi connectivity index (χ2v) is 10.5. The summed E-state index contributed by atoms with van der Waals surface area (Å²) in [6.07, 6.45) is 9.38. The van der Waals surface area contributed by atoms with Gasteiger partial charge in [0.05, 0.1) is 12.2 Å². The zero-order chi connectivity index (χ0) is 26.6. The molecule has 3 N–H and O–H groups in total. The lowest BCUT2D eigenvalue weighted by molar-refractivity contribution is -0.122. The average molecular weight is 521 g/mol. The summed E-state index contributed by atoms with van der Waals surface area (Å²) in [6, 6.07) is 13.4. The lowest BCUT2D eigenvalue weighted by atomic mass is 9.85. The zero-order valence-corrected chi connectivity index (χ0v) is 21.9. The fourth-order valence-electron chi connectivity index (χ4n) is 5.72. The molecule has 0 bridgehead atoms. The molecule has 202 valence electrons. The van der Waals surface area contributed by atoms with Crippen LogP contribution in [0.2, 0.25) is 0 Å². The first kappa shape index (κ1) is 25.8. The maximum Gasteiger partial charge on any atom is 0.315 e. The van der Waals surface area contributed by atoms with E-state index in [-0.39, 0.29) is 24.6 Å². The number of pyridine rings is 1. The molecule has 0 spiro atoms. The van der Waals surface area contributed by atoms with Crippen LogP contribution in [0.25, 0.3) is 5.65 Å². The van der Waals surface area contributed by atoms with Crippen LogP contribution >= 0.6 is 0 Å². The van der Waals surface area contributed by atoms with Crippen molar-refractivity contribution in [1.29, 1.82) is 0 Å². The number of amides is 2. The summed E-state index contributed by atoms with van der Waals surface area (Å²) in [5, 5.41) is 22.1. The Labute approximate surface area is 222 Å². The highest BCUT2D eigenvalue weighted by Crippen LogP contribution is 2.39. The molecule has 0 unspecified atom stereocenters. The van der Waals surface area contributed by atoms with Gasteiger partial charge in [-0.25, -0.2) is 4.79 Å². The Bertz CT molecular complexity index is 1270. The highest BCUT2D eigenvalue weighted by atomic mass is 16.5. The van der Waals surface area contributed by atoms with E-state index >= 15 is 0 Å². The number of rotatable bonds is 5. The monoisotopic (exact) mass is 520 g/mol. The number of fused-ring (bicyclic) bond motifs is 2. The summed E-state index contributed by atoms with van der Waals surface area (Å²) < 4.78 is 8.62. The number of piperidine rings is 1. The molecule has 3 aliphatic rings. The fraction of sp³-hybridized carbons (Fsp3) is 0.500. The van der Waals surface area contributed by atoms with Crippen molar-refractivity contribution in [2.45, 2.75) is 89.1 Å². The van der Waals surface area contributed by atoms with E-state index in [0.717, 1.165) is 54.2 Å². The number of nitrogens with zero attached hydrogens (tertiary/aromatic N) is 4. The van der Waals surface area contributed by atoms with Gasteiger partial charge >= 0.3 is 6.03 Å². The molecule has 1 aromatic carbocycles. The molecule has 2 amide bonds. The van der Waals surface area contributed by atoms with Gasteiger partial charge in [-0.1, -0.05) is 24.3 Å². The maximum atomic E-state index is 12.4. The third kappa shape index (κ3) is 5.54. The van der Waals surface area contributed by atoms with Crippen LogP contribution in [-0.2, 0) is 4.79 Å². The van der Waals surface area contributed by atoms with E-state index in [1.54, 1.807) is 0 Å². The summed E-state index contributed by atoms with van der Waals surface area (Å²) in [7, 11) is 0. The van der Waals surface area contributed by atoms with Gasteiger partial charge in [0.25, 0.3) is 6.47 Å². The SMILES string of the molecule is C[C@@H]1CCC[C@H](C)N1c1nnc2ccc(O[C@@H]3CC[C@H](NC(=O)NC4CC4)c4ccccc43)cn12.O=CO. The van der Waals surface area contributed by atoms with E-state index in [1.807, 2.05) is 30.5 Å². The van der Waals surface area contributed by atoms with Gasteiger partial charge in [0.15, 0.2) is 5.65 Å².